The molecule has 1 heterocycles. The Kier molecular flexibility index (Phi) is 3.69. The van der Waals surface area contributed by atoms with Crippen molar-refractivity contribution in [2.75, 3.05) is 7.11 Å². The monoisotopic (exact) mass is 276 g/mol. The maximum atomic E-state index is 11.5. The average Bonchev–Trinajstić information content (AvgIpc) is 2.95. The maximum Gasteiger partial charge on any atom is 0.331 e. The molecule has 0 spiro atoms. The van der Waals surface area contributed by atoms with E-state index in [1.165, 1.54) is 4.68 Å². The van der Waals surface area contributed by atoms with Gasteiger partial charge in [0, 0.05) is 0 Å². The molecule has 2 rings (SSSR count). The lowest BCUT2D eigenvalue weighted by Gasteiger charge is -2.24. The number of aromatic nitrogens is 4. The van der Waals surface area contributed by atoms with Gasteiger partial charge in [-0.1, -0.05) is 19.1 Å². The summed E-state index contributed by atoms with van der Waals surface area (Å²) in [6.45, 7) is 3.37. The summed E-state index contributed by atoms with van der Waals surface area (Å²) in [6.07, 6.45) is 0.357. The molecule has 1 N–H and O–H groups in total. The molecular formula is C13H16N4O3. The number of hydrogen-bond donors (Lipinski definition) is 1. The number of ether oxygens (including phenoxy) is 1. The number of benzene rings is 1. The molecule has 0 bridgehead atoms. The van der Waals surface area contributed by atoms with E-state index >= 15 is 0 Å². The van der Waals surface area contributed by atoms with Crippen LogP contribution >= 0.6 is 0 Å². The van der Waals surface area contributed by atoms with Gasteiger partial charge in [0.2, 0.25) is 0 Å². The topological polar surface area (TPSA) is 90.1 Å². The number of aliphatic carboxylic acids is 1. The fourth-order valence-corrected chi connectivity index (χ4v) is 1.91. The van der Waals surface area contributed by atoms with Crippen molar-refractivity contribution in [2.45, 2.75) is 25.8 Å². The van der Waals surface area contributed by atoms with E-state index in [0.29, 0.717) is 23.6 Å². The Morgan fingerprint density at radius 1 is 1.45 bits per heavy atom. The quantitative estimate of drug-likeness (QED) is 0.891. The highest BCUT2D eigenvalue weighted by molar-refractivity contribution is 5.77. The molecule has 1 aromatic carbocycles. The van der Waals surface area contributed by atoms with Gasteiger partial charge < -0.3 is 9.84 Å². The van der Waals surface area contributed by atoms with Crippen molar-refractivity contribution in [2.24, 2.45) is 0 Å². The Morgan fingerprint density at radius 2 is 2.15 bits per heavy atom. The molecule has 20 heavy (non-hydrogen) atoms. The molecule has 1 unspecified atom stereocenters. The van der Waals surface area contributed by atoms with Crippen LogP contribution in [0.25, 0.3) is 11.4 Å². The molecular weight excluding hydrogens is 260 g/mol. The zero-order valence-electron chi connectivity index (χ0n) is 11.6. The van der Waals surface area contributed by atoms with Gasteiger partial charge in [-0.3, -0.25) is 0 Å². The average molecular weight is 276 g/mol. The first kappa shape index (κ1) is 14.0. The minimum absolute atomic E-state index is 0.357. The van der Waals surface area contributed by atoms with Crippen LogP contribution in [0.5, 0.6) is 5.75 Å². The van der Waals surface area contributed by atoms with Crippen LogP contribution in [0.15, 0.2) is 24.3 Å². The molecule has 106 valence electrons. The van der Waals surface area contributed by atoms with E-state index < -0.39 is 11.5 Å². The molecule has 0 fully saturated rings. The fraction of sp³-hybridized carbons (Fsp3) is 0.385. The summed E-state index contributed by atoms with van der Waals surface area (Å²) in [5.74, 6) is -0.0231. The third-order valence-corrected chi connectivity index (χ3v) is 3.43. The molecule has 0 saturated carbocycles. The number of methoxy groups -OCH3 is 1. The highest BCUT2D eigenvalue weighted by atomic mass is 16.5. The number of nitrogens with zero attached hydrogens (tertiary/aromatic N) is 4. The number of carboxylic acid groups (broad SMARTS) is 1. The zero-order chi connectivity index (χ0) is 14.8. The molecule has 1 atom stereocenters. The summed E-state index contributed by atoms with van der Waals surface area (Å²) in [4.78, 5) is 11.5. The zero-order valence-corrected chi connectivity index (χ0v) is 11.6. The van der Waals surface area contributed by atoms with Gasteiger partial charge in [0.05, 0.1) is 12.7 Å². The molecule has 0 amide bonds. The van der Waals surface area contributed by atoms with Gasteiger partial charge in [-0.25, -0.2) is 9.48 Å². The summed E-state index contributed by atoms with van der Waals surface area (Å²) in [6, 6.07) is 7.21. The van der Waals surface area contributed by atoms with Crippen LogP contribution in [-0.4, -0.2) is 38.4 Å². The standard InChI is InChI=1S/C13H16N4O3/c1-4-13(2,12(18)19)17-11(14-15-16-17)9-7-5-6-8-10(9)20-3/h5-8H,4H2,1-3H3,(H,18,19). The van der Waals surface area contributed by atoms with Crippen LogP contribution in [-0.2, 0) is 10.3 Å². The third-order valence-electron chi connectivity index (χ3n) is 3.43. The van der Waals surface area contributed by atoms with Gasteiger partial charge in [-0.15, -0.1) is 5.10 Å². The van der Waals surface area contributed by atoms with Crippen molar-refractivity contribution in [1.82, 2.24) is 20.2 Å². The van der Waals surface area contributed by atoms with Crippen LogP contribution in [0.4, 0.5) is 0 Å². The predicted octanol–water partition coefficient (Wildman–Crippen LogP) is 1.56. The van der Waals surface area contributed by atoms with Crippen LogP contribution in [0.1, 0.15) is 20.3 Å². The van der Waals surface area contributed by atoms with Crippen molar-refractivity contribution in [3.05, 3.63) is 24.3 Å². The van der Waals surface area contributed by atoms with Gasteiger partial charge >= 0.3 is 5.97 Å². The van der Waals surface area contributed by atoms with E-state index in [9.17, 15) is 9.90 Å². The molecule has 0 saturated heterocycles. The number of para-hydroxylation sites is 1. The maximum absolute atomic E-state index is 11.5. The highest BCUT2D eigenvalue weighted by Gasteiger charge is 2.37. The minimum atomic E-state index is -1.21. The van der Waals surface area contributed by atoms with Crippen LogP contribution < -0.4 is 4.74 Å². The summed E-state index contributed by atoms with van der Waals surface area (Å²) in [5, 5.41) is 20.9. The summed E-state index contributed by atoms with van der Waals surface area (Å²) < 4.78 is 6.60. The molecule has 7 nitrogen and oxygen atoms in total. The lowest BCUT2D eigenvalue weighted by atomic mass is 9.99. The van der Waals surface area contributed by atoms with E-state index in [4.69, 9.17) is 4.74 Å². The Labute approximate surface area is 116 Å². The second-order valence-electron chi connectivity index (χ2n) is 4.55. The minimum Gasteiger partial charge on any atom is -0.496 e. The summed E-state index contributed by atoms with van der Waals surface area (Å²) in [5.41, 5.74) is -0.555. The van der Waals surface area contributed by atoms with Crippen molar-refractivity contribution >= 4 is 5.97 Å². The first-order chi connectivity index (χ1) is 9.54. The normalized spacial score (nSPS) is 13.8. The SMILES string of the molecule is CCC(C)(C(=O)O)n1nnnc1-c1ccccc1OC. The fourth-order valence-electron chi connectivity index (χ4n) is 1.91. The number of carboxylic acids is 1. The highest BCUT2D eigenvalue weighted by Crippen LogP contribution is 2.31. The summed E-state index contributed by atoms with van der Waals surface area (Å²) >= 11 is 0. The summed E-state index contributed by atoms with van der Waals surface area (Å²) in [7, 11) is 1.54. The number of rotatable bonds is 5. The Bertz CT molecular complexity index is 626. The van der Waals surface area contributed by atoms with Crippen molar-refractivity contribution < 1.29 is 14.6 Å². The molecule has 2 aromatic rings. The number of tetrazole rings is 1. The van der Waals surface area contributed by atoms with Gasteiger partial charge in [-0.2, -0.15) is 0 Å². The molecule has 0 aliphatic heterocycles. The lowest BCUT2D eigenvalue weighted by molar-refractivity contribution is -0.147. The van der Waals surface area contributed by atoms with Crippen LogP contribution in [0, 0.1) is 0 Å². The molecule has 1 aromatic heterocycles. The van der Waals surface area contributed by atoms with Crippen molar-refractivity contribution in [3.63, 3.8) is 0 Å². The smallest absolute Gasteiger partial charge is 0.331 e. The Hall–Kier alpha value is -2.44. The van der Waals surface area contributed by atoms with Gasteiger partial charge in [0.15, 0.2) is 11.4 Å². The first-order valence-electron chi connectivity index (χ1n) is 6.20. The number of hydrogen-bond acceptors (Lipinski definition) is 5. The van der Waals surface area contributed by atoms with Crippen LogP contribution in [0.2, 0.25) is 0 Å². The van der Waals surface area contributed by atoms with E-state index in [1.807, 2.05) is 12.1 Å². The van der Waals surface area contributed by atoms with E-state index in [2.05, 4.69) is 15.5 Å². The van der Waals surface area contributed by atoms with E-state index in [0.717, 1.165) is 0 Å². The lowest BCUT2D eigenvalue weighted by Crippen LogP contribution is -2.39. The van der Waals surface area contributed by atoms with Gasteiger partial charge in [-0.05, 0) is 35.9 Å². The Balaban J connectivity index is 2.62. The van der Waals surface area contributed by atoms with Gasteiger partial charge in [0.1, 0.15) is 5.75 Å². The molecule has 7 heteroatoms. The van der Waals surface area contributed by atoms with Crippen molar-refractivity contribution in [1.29, 1.82) is 0 Å². The van der Waals surface area contributed by atoms with E-state index in [1.54, 1.807) is 33.1 Å². The van der Waals surface area contributed by atoms with Crippen molar-refractivity contribution in [3.8, 4) is 17.1 Å². The first-order valence-corrected chi connectivity index (χ1v) is 6.20. The van der Waals surface area contributed by atoms with Crippen LogP contribution in [0.3, 0.4) is 0 Å². The Morgan fingerprint density at radius 3 is 2.75 bits per heavy atom. The van der Waals surface area contributed by atoms with E-state index in [-0.39, 0.29) is 0 Å². The predicted molar refractivity (Wildman–Crippen MR) is 71.4 cm³/mol. The second-order valence-corrected chi connectivity index (χ2v) is 4.55. The van der Waals surface area contributed by atoms with Gasteiger partial charge in [0.25, 0.3) is 0 Å². The molecule has 0 aliphatic carbocycles. The number of carbonyl (C=O) groups is 1. The molecule has 0 aliphatic rings. The largest absolute Gasteiger partial charge is 0.496 e. The molecule has 0 radical (unpaired) electrons. The third kappa shape index (κ3) is 2.11. The second kappa shape index (κ2) is 5.28.